The fourth-order valence-electron chi connectivity index (χ4n) is 2.45. The third-order valence-corrected chi connectivity index (χ3v) is 4.94. The lowest BCUT2D eigenvalue weighted by Crippen LogP contribution is -2.43. The summed E-state index contributed by atoms with van der Waals surface area (Å²) in [5, 5.41) is 7.69. The Labute approximate surface area is 190 Å². The van der Waals surface area contributed by atoms with Gasteiger partial charge in [0.2, 0.25) is 0 Å². The van der Waals surface area contributed by atoms with Crippen LogP contribution in [-0.2, 0) is 18.1 Å². The number of methoxy groups -OCH3 is 1. The van der Waals surface area contributed by atoms with Crippen LogP contribution in [0.2, 0.25) is 0 Å². The van der Waals surface area contributed by atoms with Crippen molar-refractivity contribution in [1.82, 2.24) is 15.6 Å². The molecule has 162 valence electrons. The Morgan fingerprint density at radius 1 is 1.24 bits per heavy atom. The summed E-state index contributed by atoms with van der Waals surface area (Å²) in [5.41, 5.74) is 0.0137. The molecule has 0 spiro atoms. The van der Waals surface area contributed by atoms with Gasteiger partial charge in [-0.15, -0.1) is 35.3 Å². The van der Waals surface area contributed by atoms with Crippen LogP contribution in [0.5, 0.6) is 5.75 Å². The van der Waals surface area contributed by atoms with Crippen LogP contribution in [0.25, 0.3) is 0 Å². The maximum absolute atomic E-state index is 12.7. The van der Waals surface area contributed by atoms with Gasteiger partial charge in [-0.1, -0.05) is 26.0 Å². The molecule has 0 saturated heterocycles. The molecule has 0 radical (unpaired) electrons. The number of nitrogens with one attached hydrogen (secondary N) is 2. The molecule has 0 amide bonds. The molecule has 0 atom stereocenters. The summed E-state index contributed by atoms with van der Waals surface area (Å²) in [6, 6.07) is 7.85. The average molecular weight is 542 g/mol. The highest BCUT2D eigenvalue weighted by molar-refractivity contribution is 14.0. The van der Waals surface area contributed by atoms with E-state index in [1.54, 1.807) is 7.11 Å². The van der Waals surface area contributed by atoms with Gasteiger partial charge in [0, 0.05) is 23.9 Å². The van der Waals surface area contributed by atoms with Gasteiger partial charge in [-0.3, -0.25) is 0 Å². The first-order valence-corrected chi connectivity index (χ1v) is 9.72. The van der Waals surface area contributed by atoms with E-state index < -0.39 is 11.9 Å². The second-order valence-corrected chi connectivity index (χ2v) is 7.73. The van der Waals surface area contributed by atoms with Crippen molar-refractivity contribution in [3.05, 3.63) is 45.9 Å². The van der Waals surface area contributed by atoms with Gasteiger partial charge in [-0.05, 0) is 24.6 Å². The monoisotopic (exact) mass is 542 g/mol. The van der Waals surface area contributed by atoms with Crippen molar-refractivity contribution in [3.63, 3.8) is 0 Å². The number of nitrogens with zero attached hydrogens (tertiary/aromatic N) is 2. The summed E-state index contributed by atoms with van der Waals surface area (Å²) < 4.78 is 43.3. The number of halogens is 4. The van der Waals surface area contributed by atoms with Crippen molar-refractivity contribution in [2.75, 3.05) is 20.2 Å². The average Bonchev–Trinajstić information content (AvgIpc) is 3.13. The smallest absolute Gasteiger partial charge is 0.434 e. The van der Waals surface area contributed by atoms with Crippen molar-refractivity contribution in [1.29, 1.82) is 0 Å². The van der Waals surface area contributed by atoms with Gasteiger partial charge in [-0.2, -0.15) is 13.2 Å². The van der Waals surface area contributed by atoms with Gasteiger partial charge in [0.25, 0.3) is 0 Å². The molecule has 0 saturated carbocycles. The van der Waals surface area contributed by atoms with Crippen LogP contribution in [0.15, 0.2) is 34.6 Å². The number of alkyl halides is 3. The molecule has 0 aliphatic heterocycles. The summed E-state index contributed by atoms with van der Waals surface area (Å²) in [7, 11) is 1.63. The van der Waals surface area contributed by atoms with E-state index in [9.17, 15) is 13.2 Å². The first-order valence-electron chi connectivity index (χ1n) is 8.84. The highest BCUT2D eigenvalue weighted by Crippen LogP contribution is 2.30. The molecule has 0 fully saturated rings. The second kappa shape index (κ2) is 11.0. The van der Waals surface area contributed by atoms with E-state index >= 15 is 0 Å². The lowest BCUT2D eigenvalue weighted by Gasteiger charge is -2.27. The highest BCUT2D eigenvalue weighted by Gasteiger charge is 2.33. The molecule has 0 aliphatic rings. The number of thiazole rings is 1. The Bertz CT molecular complexity index is 809. The van der Waals surface area contributed by atoms with Crippen molar-refractivity contribution in [2.24, 2.45) is 4.99 Å². The number of guanidine groups is 1. The van der Waals surface area contributed by atoms with Gasteiger partial charge in [0.15, 0.2) is 11.7 Å². The SMILES string of the molecule is CCNC(=NCc1nc(C(F)(F)F)cs1)NCC(C)(C)c1cccc(OC)c1.I. The van der Waals surface area contributed by atoms with Gasteiger partial charge in [0.05, 0.1) is 13.7 Å². The van der Waals surface area contributed by atoms with Crippen molar-refractivity contribution < 1.29 is 17.9 Å². The molecular weight excluding hydrogens is 516 g/mol. The van der Waals surface area contributed by atoms with Crippen molar-refractivity contribution in [2.45, 2.75) is 38.9 Å². The molecule has 0 aliphatic carbocycles. The van der Waals surface area contributed by atoms with E-state index in [4.69, 9.17) is 4.74 Å². The van der Waals surface area contributed by atoms with Gasteiger partial charge in [-0.25, -0.2) is 9.98 Å². The van der Waals surface area contributed by atoms with Crippen LogP contribution in [0, 0.1) is 0 Å². The van der Waals surface area contributed by atoms with E-state index in [2.05, 4.69) is 34.5 Å². The number of aliphatic imine (C=N–C) groups is 1. The Morgan fingerprint density at radius 2 is 1.97 bits per heavy atom. The normalized spacial score (nSPS) is 12.3. The van der Waals surface area contributed by atoms with Crippen molar-refractivity contribution in [3.8, 4) is 5.75 Å². The zero-order valence-corrected chi connectivity index (χ0v) is 19.9. The van der Waals surface area contributed by atoms with Crippen LogP contribution >= 0.6 is 35.3 Å². The molecule has 10 heteroatoms. The van der Waals surface area contributed by atoms with Gasteiger partial charge >= 0.3 is 6.18 Å². The van der Waals surface area contributed by atoms with E-state index in [1.165, 1.54) is 0 Å². The number of ether oxygens (including phenoxy) is 1. The molecule has 1 heterocycles. The fourth-order valence-corrected chi connectivity index (χ4v) is 3.18. The molecule has 0 bridgehead atoms. The minimum absolute atomic E-state index is 0. The maximum atomic E-state index is 12.7. The summed E-state index contributed by atoms with van der Waals surface area (Å²) in [5.74, 6) is 1.32. The standard InChI is InChI=1S/C19H25F3N4OS.HI/c1-5-23-17(24-10-16-26-15(11-28-16)19(20,21)22)25-12-18(2,3)13-7-6-8-14(9-13)27-4;/h6-9,11H,5,10,12H2,1-4H3,(H2,23,24,25);1H. The maximum Gasteiger partial charge on any atom is 0.434 e. The first kappa shape index (κ1) is 25.5. The van der Waals surface area contributed by atoms with Gasteiger partial charge < -0.3 is 15.4 Å². The van der Waals surface area contributed by atoms with E-state index in [-0.39, 0.29) is 35.9 Å². The molecule has 1 aromatic heterocycles. The van der Waals surface area contributed by atoms with Crippen LogP contribution in [-0.4, -0.2) is 31.1 Å². The summed E-state index contributed by atoms with van der Waals surface area (Å²) >= 11 is 0.953. The Morgan fingerprint density at radius 3 is 2.55 bits per heavy atom. The van der Waals surface area contributed by atoms with E-state index in [1.807, 2.05) is 31.2 Å². The molecule has 0 unspecified atom stereocenters. The summed E-state index contributed by atoms with van der Waals surface area (Å²) in [6.45, 7) is 7.41. The first-order chi connectivity index (χ1) is 13.2. The quantitative estimate of drug-likeness (QED) is 0.299. The zero-order chi connectivity index (χ0) is 20.8. The summed E-state index contributed by atoms with van der Waals surface area (Å²) in [4.78, 5) is 7.97. The minimum atomic E-state index is -4.43. The molecule has 5 nitrogen and oxygen atoms in total. The Balaban J connectivity index is 0.00000420. The number of benzene rings is 1. The third kappa shape index (κ3) is 7.65. The molecule has 1 aromatic carbocycles. The van der Waals surface area contributed by atoms with Gasteiger partial charge in [0.1, 0.15) is 10.8 Å². The van der Waals surface area contributed by atoms with E-state index in [0.717, 1.165) is 28.0 Å². The summed E-state index contributed by atoms with van der Waals surface area (Å²) in [6.07, 6.45) is -4.43. The second-order valence-electron chi connectivity index (χ2n) is 6.79. The molecular formula is C19H26F3IN4OS. The van der Waals surface area contributed by atoms with Crippen LogP contribution in [0.3, 0.4) is 0 Å². The molecule has 2 N–H and O–H groups in total. The topological polar surface area (TPSA) is 58.5 Å². The number of hydrogen-bond acceptors (Lipinski definition) is 4. The third-order valence-electron chi connectivity index (χ3n) is 4.11. The predicted molar refractivity (Wildman–Crippen MR) is 121 cm³/mol. The lowest BCUT2D eigenvalue weighted by atomic mass is 9.84. The lowest BCUT2D eigenvalue weighted by molar-refractivity contribution is -0.140. The van der Waals surface area contributed by atoms with Crippen LogP contribution in [0.1, 0.15) is 37.0 Å². The fraction of sp³-hybridized carbons (Fsp3) is 0.474. The minimum Gasteiger partial charge on any atom is -0.497 e. The van der Waals surface area contributed by atoms with Crippen molar-refractivity contribution >= 4 is 41.3 Å². The predicted octanol–water partition coefficient (Wildman–Crippen LogP) is 4.82. The zero-order valence-electron chi connectivity index (χ0n) is 16.8. The van der Waals surface area contributed by atoms with Crippen LogP contribution in [0.4, 0.5) is 13.2 Å². The highest BCUT2D eigenvalue weighted by atomic mass is 127. The van der Waals surface area contributed by atoms with Crippen LogP contribution < -0.4 is 15.4 Å². The molecule has 2 aromatic rings. The Hall–Kier alpha value is -1.56. The Kier molecular flexibility index (Phi) is 9.66. The number of rotatable bonds is 7. The van der Waals surface area contributed by atoms with E-state index in [0.29, 0.717) is 24.1 Å². The largest absolute Gasteiger partial charge is 0.497 e. The molecule has 2 rings (SSSR count). The number of hydrogen-bond donors (Lipinski definition) is 2. The molecule has 29 heavy (non-hydrogen) atoms. The number of aromatic nitrogens is 1.